The highest BCUT2D eigenvalue weighted by molar-refractivity contribution is 5.95. The monoisotopic (exact) mass is 433 g/mol. The van der Waals surface area contributed by atoms with Crippen molar-refractivity contribution in [3.05, 3.63) is 66.0 Å². The SMILES string of the molecule is O=C(CNC(=O)c1cc(-c2ccccc2)on1)NCc1ccnc(N2CCCCCC2)c1. The molecule has 8 heteroatoms. The first-order valence-corrected chi connectivity index (χ1v) is 11.0. The Hall–Kier alpha value is -3.68. The number of nitrogens with zero attached hydrogens (tertiary/aromatic N) is 3. The number of rotatable bonds is 7. The van der Waals surface area contributed by atoms with Crippen LogP contribution in [0, 0.1) is 0 Å². The summed E-state index contributed by atoms with van der Waals surface area (Å²) in [4.78, 5) is 31.3. The Morgan fingerprint density at radius 2 is 1.75 bits per heavy atom. The lowest BCUT2D eigenvalue weighted by molar-refractivity contribution is -0.120. The van der Waals surface area contributed by atoms with Crippen molar-refractivity contribution in [2.24, 2.45) is 0 Å². The first-order chi connectivity index (χ1) is 15.7. The fraction of sp³-hybridized carbons (Fsp3) is 0.333. The lowest BCUT2D eigenvalue weighted by atomic mass is 10.1. The molecule has 32 heavy (non-hydrogen) atoms. The molecule has 2 amide bonds. The van der Waals surface area contributed by atoms with E-state index in [1.165, 1.54) is 25.7 Å². The molecule has 4 rings (SSSR count). The van der Waals surface area contributed by atoms with Gasteiger partial charge in [-0.3, -0.25) is 9.59 Å². The highest BCUT2D eigenvalue weighted by Gasteiger charge is 2.15. The number of hydrogen-bond acceptors (Lipinski definition) is 6. The minimum atomic E-state index is -0.460. The molecular weight excluding hydrogens is 406 g/mol. The van der Waals surface area contributed by atoms with Crippen LogP contribution in [0.4, 0.5) is 5.82 Å². The smallest absolute Gasteiger partial charge is 0.273 e. The molecule has 0 saturated carbocycles. The molecule has 1 saturated heterocycles. The maximum Gasteiger partial charge on any atom is 0.273 e. The van der Waals surface area contributed by atoms with Crippen molar-refractivity contribution in [3.8, 4) is 11.3 Å². The molecule has 0 aliphatic carbocycles. The van der Waals surface area contributed by atoms with Crippen LogP contribution in [0.1, 0.15) is 41.7 Å². The minimum Gasteiger partial charge on any atom is -0.357 e. The average Bonchev–Trinajstić information content (AvgIpc) is 3.17. The number of aromatic nitrogens is 2. The minimum absolute atomic E-state index is 0.132. The van der Waals surface area contributed by atoms with Crippen LogP contribution >= 0.6 is 0 Å². The summed E-state index contributed by atoms with van der Waals surface area (Å²) in [5, 5.41) is 9.21. The van der Waals surface area contributed by atoms with E-state index < -0.39 is 5.91 Å². The molecule has 1 fully saturated rings. The second-order valence-corrected chi connectivity index (χ2v) is 7.83. The van der Waals surface area contributed by atoms with Crippen LogP contribution in [0.25, 0.3) is 11.3 Å². The maximum absolute atomic E-state index is 12.3. The fourth-order valence-electron chi connectivity index (χ4n) is 3.68. The highest BCUT2D eigenvalue weighted by atomic mass is 16.5. The Kier molecular flexibility index (Phi) is 7.12. The van der Waals surface area contributed by atoms with Crippen LogP contribution in [0.15, 0.2) is 59.3 Å². The van der Waals surface area contributed by atoms with E-state index in [1.807, 2.05) is 42.5 Å². The topological polar surface area (TPSA) is 100 Å². The number of amides is 2. The summed E-state index contributed by atoms with van der Waals surface area (Å²) in [5.74, 6) is 0.710. The van der Waals surface area contributed by atoms with Crippen molar-refractivity contribution in [3.63, 3.8) is 0 Å². The van der Waals surface area contributed by atoms with Gasteiger partial charge in [0.1, 0.15) is 5.82 Å². The molecule has 1 aliphatic heterocycles. The normalized spacial score (nSPS) is 13.9. The van der Waals surface area contributed by atoms with Gasteiger partial charge in [-0.15, -0.1) is 0 Å². The number of anilines is 1. The Morgan fingerprint density at radius 3 is 2.53 bits per heavy atom. The highest BCUT2D eigenvalue weighted by Crippen LogP contribution is 2.20. The summed E-state index contributed by atoms with van der Waals surface area (Å²) < 4.78 is 5.23. The number of carbonyl (C=O) groups excluding carboxylic acids is 2. The van der Waals surface area contributed by atoms with Crippen molar-refractivity contribution in [1.82, 2.24) is 20.8 Å². The number of benzene rings is 1. The van der Waals surface area contributed by atoms with E-state index in [9.17, 15) is 9.59 Å². The number of pyridine rings is 1. The van der Waals surface area contributed by atoms with E-state index in [0.29, 0.717) is 12.3 Å². The zero-order valence-corrected chi connectivity index (χ0v) is 17.9. The number of hydrogen-bond donors (Lipinski definition) is 2. The summed E-state index contributed by atoms with van der Waals surface area (Å²) in [5.41, 5.74) is 1.93. The molecular formula is C24H27N5O3. The lowest BCUT2D eigenvalue weighted by Gasteiger charge is -2.21. The van der Waals surface area contributed by atoms with Gasteiger partial charge in [0.05, 0.1) is 6.54 Å². The van der Waals surface area contributed by atoms with Crippen LogP contribution in [0.3, 0.4) is 0 Å². The lowest BCUT2D eigenvalue weighted by Crippen LogP contribution is -2.36. The second kappa shape index (κ2) is 10.6. The summed E-state index contributed by atoms with van der Waals surface area (Å²) in [6, 6.07) is 14.9. The van der Waals surface area contributed by atoms with Crippen molar-refractivity contribution in [2.75, 3.05) is 24.5 Å². The van der Waals surface area contributed by atoms with Gasteiger partial charge in [0.2, 0.25) is 5.91 Å². The molecule has 0 unspecified atom stereocenters. The molecule has 0 bridgehead atoms. The Balaban J connectivity index is 1.25. The molecule has 8 nitrogen and oxygen atoms in total. The first kappa shape index (κ1) is 21.5. The molecule has 2 aromatic heterocycles. The molecule has 1 aromatic carbocycles. The van der Waals surface area contributed by atoms with Crippen LogP contribution < -0.4 is 15.5 Å². The van der Waals surface area contributed by atoms with E-state index in [1.54, 1.807) is 12.3 Å². The van der Waals surface area contributed by atoms with Gasteiger partial charge in [-0.2, -0.15) is 0 Å². The van der Waals surface area contributed by atoms with Crippen LogP contribution in [0.5, 0.6) is 0 Å². The molecule has 0 radical (unpaired) electrons. The molecule has 166 valence electrons. The zero-order chi connectivity index (χ0) is 22.2. The van der Waals surface area contributed by atoms with E-state index in [2.05, 4.69) is 25.7 Å². The van der Waals surface area contributed by atoms with Crippen LogP contribution in [-0.2, 0) is 11.3 Å². The molecule has 2 N–H and O–H groups in total. The Morgan fingerprint density at radius 1 is 0.969 bits per heavy atom. The standard InChI is InChI=1S/C24H27N5O3/c30-23(17-27-24(31)20-15-21(32-28-20)19-8-4-3-5-9-19)26-16-18-10-11-25-22(14-18)29-12-6-1-2-7-13-29/h3-5,8-11,14-15H,1-2,6-7,12-13,16-17H2,(H,26,30)(H,27,31). The van der Waals surface area contributed by atoms with Gasteiger partial charge in [-0.25, -0.2) is 4.98 Å². The third-order valence-corrected chi connectivity index (χ3v) is 5.44. The maximum atomic E-state index is 12.3. The van der Waals surface area contributed by atoms with Crippen molar-refractivity contribution < 1.29 is 14.1 Å². The van der Waals surface area contributed by atoms with Gasteiger partial charge in [0.15, 0.2) is 11.5 Å². The third kappa shape index (κ3) is 5.72. The number of nitrogens with one attached hydrogen (secondary N) is 2. The number of carbonyl (C=O) groups is 2. The van der Waals surface area contributed by atoms with Gasteiger partial charge in [0, 0.05) is 37.5 Å². The summed E-state index contributed by atoms with van der Waals surface area (Å²) >= 11 is 0. The second-order valence-electron chi connectivity index (χ2n) is 7.83. The summed E-state index contributed by atoms with van der Waals surface area (Å²) in [7, 11) is 0. The van der Waals surface area contributed by atoms with E-state index >= 15 is 0 Å². The summed E-state index contributed by atoms with van der Waals surface area (Å²) in [6.07, 6.45) is 6.67. The average molecular weight is 434 g/mol. The van der Waals surface area contributed by atoms with E-state index in [0.717, 1.165) is 30.0 Å². The largest absolute Gasteiger partial charge is 0.357 e. The predicted molar refractivity (Wildman–Crippen MR) is 121 cm³/mol. The zero-order valence-electron chi connectivity index (χ0n) is 17.9. The van der Waals surface area contributed by atoms with Crippen LogP contribution in [-0.4, -0.2) is 41.6 Å². The van der Waals surface area contributed by atoms with Gasteiger partial charge >= 0.3 is 0 Å². The van der Waals surface area contributed by atoms with Gasteiger partial charge < -0.3 is 20.1 Å². The first-order valence-electron chi connectivity index (χ1n) is 11.0. The molecule has 3 heterocycles. The van der Waals surface area contributed by atoms with Gasteiger partial charge in [-0.1, -0.05) is 48.3 Å². The third-order valence-electron chi connectivity index (χ3n) is 5.44. The molecule has 1 aliphatic rings. The Bertz CT molecular complexity index is 1040. The Labute approximate surface area is 187 Å². The van der Waals surface area contributed by atoms with E-state index in [4.69, 9.17) is 4.52 Å². The van der Waals surface area contributed by atoms with Crippen molar-refractivity contribution in [1.29, 1.82) is 0 Å². The molecule has 0 atom stereocenters. The van der Waals surface area contributed by atoms with Gasteiger partial charge in [-0.05, 0) is 30.5 Å². The van der Waals surface area contributed by atoms with Crippen molar-refractivity contribution in [2.45, 2.75) is 32.2 Å². The summed E-state index contributed by atoms with van der Waals surface area (Å²) in [6.45, 7) is 2.27. The van der Waals surface area contributed by atoms with Crippen molar-refractivity contribution >= 4 is 17.6 Å². The van der Waals surface area contributed by atoms with Crippen LogP contribution in [0.2, 0.25) is 0 Å². The molecule has 3 aromatic rings. The van der Waals surface area contributed by atoms with Gasteiger partial charge in [0.25, 0.3) is 5.91 Å². The molecule has 0 spiro atoms. The predicted octanol–water partition coefficient (Wildman–Crippen LogP) is 3.16. The quantitative estimate of drug-likeness (QED) is 0.594. The van der Waals surface area contributed by atoms with E-state index in [-0.39, 0.29) is 18.1 Å². The fourth-order valence-corrected chi connectivity index (χ4v) is 3.68.